The number of hydroxylamine groups is 1. The Morgan fingerprint density at radius 3 is 2.64 bits per heavy atom. The van der Waals surface area contributed by atoms with E-state index in [0.717, 1.165) is 22.7 Å². The number of halogens is 2. The van der Waals surface area contributed by atoms with E-state index in [4.69, 9.17) is 15.7 Å². The van der Waals surface area contributed by atoms with Gasteiger partial charge in [-0.1, -0.05) is 0 Å². The van der Waals surface area contributed by atoms with Crippen LogP contribution in [0.2, 0.25) is 0 Å². The Hall–Kier alpha value is -2.43. The van der Waals surface area contributed by atoms with Crippen molar-refractivity contribution in [3.63, 3.8) is 0 Å². The number of aryl methyl sites for hydroxylation is 2. The highest BCUT2D eigenvalue weighted by Crippen LogP contribution is 2.14. The summed E-state index contributed by atoms with van der Waals surface area (Å²) in [5, 5.41) is 15.8. The Bertz CT molecular complexity index is 970. The molecular formula is C18H22Br2N6O2. The molecule has 1 aromatic carbocycles. The zero-order chi connectivity index (χ0) is 18.5. The van der Waals surface area contributed by atoms with Crippen LogP contribution in [0.4, 0.5) is 0 Å². The SMILES string of the molecule is Br.Cc1ccc2n(C)c(COc3ccc(/C=N/N=C(\N)NO)cc3)c[n+]2c1.[Br-]. The van der Waals surface area contributed by atoms with E-state index in [1.54, 1.807) is 5.48 Å². The molecule has 0 atom stereocenters. The van der Waals surface area contributed by atoms with Gasteiger partial charge in [0.05, 0.1) is 19.5 Å². The predicted octanol–water partition coefficient (Wildman–Crippen LogP) is -1.14. The van der Waals surface area contributed by atoms with E-state index in [9.17, 15) is 0 Å². The van der Waals surface area contributed by atoms with Crippen LogP contribution in [-0.2, 0) is 13.7 Å². The van der Waals surface area contributed by atoms with Crippen LogP contribution in [0.5, 0.6) is 5.75 Å². The highest BCUT2D eigenvalue weighted by Gasteiger charge is 2.14. The molecule has 150 valence electrons. The first-order valence-corrected chi connectivity index (χ1v) is 8.02. The summed E-state index contributed by atoms with van der Waals surface area (Å²) >= 11 is 0. The van der Waals surface area contributed by atoms with Crippen molar-refractivity contribution in [2.75, 3.05) is 0 Å². The molecule has 0 saturated heterocycles. The third-order valence-corrected chi connectivity index (χ3v) is 3.92. The molecule has 0 bridgehead atoms. The first kappa shape index (κ1) is 23.6. The number of imidazole rings is 1. The number of benzene rings is 1. The van der Waals surface area contributed by atoms with Gasteiger partial charge in [-0.15, -0.1) is 22.1 Å². The largest absolute Gasteiger partial charge is 1.00 e. The minimum absolute atomic E-state index is 0. The summed E-state index contributed by atoms with van der Waals surface area (Å²) in [6.07, 6.45) is 5.69. The zero-order valence-corrected chi connectivity index (χ0v) is 18.7. The van der Waals surface area contributed by atoms with E-state index in [1.165, 1.54) is 11.8 Å². The Morgan fingerprint density at radius 2 is 1.96 bits per heavy atom. The molecule has 0 spiro atoms. The summed E-state index contributed by atoms with van der Waals surface area (Å²) in [5.74, 6) is 0.581. The molecule has 0 aliphatic rings. The minimum Gasteiger partial charge on any atom is -1.00 e. The summed E-state index contributed by atoms with van der Waals surface area (Å²) in [6.45, 7) is 2.54. The van der Waals surface area contributed by atoms with Crippen molar-refractivity contribution < 1.29 is 31.3 Å². The summed E-state index contributed by atoms with van der Waals surface area (Å²) in [5.41, 5.74) is 11.2. The second kappa shape index (κ2) is 10.8. The number of nitrogens with zero attached hydrogens (tertiary/aromatic N) is 4. The van der Waals surface area contributed by atoms with Crippen LogP contribution in [0.25, 0.3) is 5.65 Å². The molecule has 0 radical (unpaired) electrons. The lowest BCUT2D eigenvalue weighted by molar-refractivity contribution is -0.511. The second-order valence-electron chi connectivity index (χ2n) is 5.85. The van der Waals surface area contributed by atoms with Gasteiger partial charge in [-0.25, -0.2) is 14.4 Å². The van der Waals surface area contributed by atoms with Gasteiger partial charge in [0.1, 0.15) is 11.9 Å². The van der Waals surface area contributed by atoms with Gasteiger partial charge in [-0.05, 0) is 48.4 Å². The van der Waals surface area contributed by atoms with E-state index in [1.807, 2.05) is 31.3 Å². The molecule has 3 rings (SSSR count). The topological polar surface area (TPSA) is 101 Å². The number of ether oxygens (including phenoxy) is 1. The molecule has 0 amide bonds. The van der Waals surface area contributed by atoms with E-state index in [-0.39, 0.29) is 39.9 Å². The minimum atomic E-state index is -0.177. The third kappa shape index (κ3) is 5.78. The van der Waals surface area contributed by atoms with Crippen molar-refractivity contribution in [3.8, 4) is 5.75 Å². The monoisotopic (exact) mass is 512 g/mol. The highest BCUT2D eigenvalue weighted by molar-refractivity contribution is 8.93. The Balaban J connectivity index is 0.00000196. The van der Waals surface area contributed by atoms with Gasteiger partial charge < -0.3 is 27.5 Å². The van der Waals surface area contributed by atoms with Crippen molar-refractivity contribution in [1.29, 1.82) is 0 Å². The standard InChI is InChI=1S/C18H21N6O2.2BrH/c1-13-3-8-17-23(2)15(11-24(17)10-13)12-26-16-6-4-14(5-7-16)9-20-21-18(19)22-25;;/h3-11,25H,12H2,1-2H3,(H3,19,21,22);2*1H/q+1;;/p-1/b20-9+;;. The lowest BCUT2D eigenvalue weighted by Gasteiger charge is -2.04. The first-order chi connectivity index (χ1) is 12.6. The van der Waals surface area contributed by atoms with Gasteiger partial charge in [0.2, 0.25) is 5.96 Å². The van der Waals surface area contributed by atoms with E-state index >= 15 is 0 Å². The van der Waals surface area contributed by atoms with E-state index in [0.29, 0.717) is 6.61 Å². The third-order valence-electron chi connectivity index (χ3n) is 3.92. The van der Waals surface area contributed by atoms with Crippen molar-refractivity contribution in [2.24, 2.45) is 23.0 Å². The number of nitrogens with one attached hydrogen (secondary N) is 1. The van der Waals surface area contributed by atoms with Crippen molar-refractivity contribution in [2.45, 2.75) is 13.5 Å². The molecular weight excluding hydrogens is 492 g/mol. The maximum Gasteiger partial charge on any atom is 0.286 e. The Morgan fingerprint density at radius 1 is 1.25 bits per heavy atom. The molecule has 2 heterocycles. The van der Waals surface area contributed by atoms with Crippen LogP contribution in [-0.4, -0.2) is 21.9 Å². The molecule has 0 unspecified atom stereocenters. The van der Waals surface area contributed by atoms with Gasteiger partial charge in [0.25, 0.3) is 5.65 Å². The quantitative estimate of drug-likeness (QED) is 0.174. The highest BCUT2D eigenvalue weighted by atomic mass is 79.9. The fraction of sp³-hybridized carbons (Fsp3) is 0.167. The van der Waals surface area contributed by atoms with Gasteiger partial charge in [-0.3, -0.25) is 5.21 Å². The average Bonchev–Trinajstić information content (AvgIpc) is 2.96. The van der Waals surface area contributed by atoms with Crippen LogP contribution >= 0.6 is 17.0 Å². The predicted molar refractivity (Wildman–Crippen MR) is 109 cm³/mol. The van der Waals surface area contributed by atoms with Crippen LogP contribution in [0, 0.1) is 6.92 Å². The molecule has 0 aliphatic carbocycles. The van der Waals surface area contributed by atoms with Gasteiger partial charge >= 0.3 is 0 Å². The number of aromatic nitrogens is 2. The van der Waals surface area contributed by atoms with Gasteiger partial charge in [0.15, 0.2) is 12.3 Å². The van der Waals surface area contributed by atoms with Crippen molar-refractivity contribution >= 4 is 34.8 Å². The van der Waals surface area contributed by atoms with E-state index in [2.05, 4.69) is 50.6 Å². The number of hydrogen-bond donors (Lipinski definition) is 3. The smallest absolute Gasteiger partial charge is 0.286 e. The van der Waals surface area contributed by atoms with Gasteiger partial charge in [-0.2, -0.15) is 5.10 Å². The molecule has 10 heteroatoms. The lowest BCUT2D eigenvalue weighted by atomic mass is 10.2. The zero-order valence-electron chi connectivity index (χ0n) is 15.4. The number of rotatable bonds is 5. The number of fused-ring (bicyclic) bond motifs is 1. The van der Waals surface area contributed by atoms with Crippen LogP contribution < -0.4 is 37.3 Å². The summed E-state index contributed by atoms with van der Waals surface area (Å²) in [4.78, 5) is 0. The molecule has 4 N–H and O–H groups in total. The summed E-state index contributed by atoms with van der Waals surface area (Å²) in [7, 11) is 2.02. The van der Waals surface area contributed by atoms with Crippen molar-refractivity contribution in [1.82, 2.24) is 10.0 Å². The van der Waals surface area contributed by atoms with Crippen LogP contribution in [0.3, 0.4) is 0 Å². The molecule has 2 aromatic heterocycles. The average molecular weight is 514 g/mol. The Labute approximate surface area is 183 Å². The van der Waals surface area contributed by atoms with Crippen LogP contribution in [0.1, 0.15) is 16.8 Å². The maximum absolute atomic E-state index is 8.50. The number of guanidine groups is 1. The molecule has 0 saturated carbocycles. The first-order valence-electron chi connectivity index (χ1n) is 8.02. The maximum atomic E-state index is 8.50. The summed E-state index contributed by atoms with van der Waals surface area (Å²) < 4.78 is 10.1. The van der Waals surface area contributed by atoms with Crippen molar-refractivity contribution in [3.05, 3.63) is 65.6 Å². The number of nitrogens with two attached hydrogens (primary N) is 1. The fourth-order valence-electron chi connectivity index (χ4n) is 2.52. The fourth-order valence-corrected chi connectivity index (χ4v) is 2.52. The Kier molecular flexibility index (Phi) is 9.10. The second-order valence-corrected chi connectivity index (χ2v) is 5.85. The molecule has 0 fully saturated rings. The summed E-state index contributed by atoms with van der Waals surface area (Å²) in [6, 6.07) is 11.6. The number of hydrogen-bond acceptors (Lipinski definition) is 4. The normalized spacial score (nSPS) is 11.2. The van der Waals surface area contributed by atoms with Crippen LogP contribution in [0.15, 0.2) is 59.0 Å². The van der Waals surface area contributed by atoms with E-state index < -0.39 is 0 Å². The molecule has 0 aliphatic heterocycles. The lowest BCUT2D eigenvalue weighted by Crippen LogP contribution is -3.00. The molecule has 8 nitrogen and oxygen atoms in total. The molecule has 28 heavy (non-hydrogen) atoms. The van der Waals surface area contributed by atoms with Gasteiger partial charge in [0, 0.05) is 6.07 Å². The molecule has 3 aromatic rings. The number of pyridine rings is 1.